The van der Waals surface area contributed by atoms with Gasteiger partial charge in [-0.25, -0.2) is 0 Å². The number of alkyl halides is 3. The maximum absolute atomic E-state index is 12.5. The molecular formula is C17H20F3NO4. The topological polar surface area (TPSA) is 48.0 Å². The predicted octanol–water partition coefficient (Wildman–Crippen LogP) is 3.30. The zero-order chi connectivity index (χ0) is 19.0. The number of amides is 1. The number of hydrogen-bond donors (Lipinski definition) is 0. The highest BCUT2D eigenvalue weighted by atomic mass is 19.4. The molecule has 0 aliphatic rings. The molecule has 138 valence electrons. The molecule has 25 heavy (non-hydrogen) atoms. The Hall–Kier alpha value is -2.64. The van der Waals surface area contributed by atoms with Crippen LogP contribution in [0.3, 0.4) is 0 Å². The third kappa shape index (κ3) is 6.06. The summed E-state index contributed by atoms with van der Waals surface area (Å²) in [5.41, 5.74) is 0.508. The van der Waals surface area contributed by atoms with Crippen LogP contribution in [0.1, 0.15) is 5.56 Å². The first kappa shape index (κ1) is 20.4. The van der Waals surface area contributed by atoms with E-state index in [4.69, 9.17) is 14.2 Å². The lowest BCUT2D eigenvalue weighted by Crippen LogP contribution is -2.38. The van der Waals surface area contributed by atoms with E-state index in [1.807, 2.05) is 0 Å². The minimum atomic E-state index is -4.49. The van der Waals surface area contributed by atoms with Gasteiger partial charge in [0.15, 0.2) is 11.5 Å². The molecule has 0 aromatic heterocycles. The van der Waals surface area contributed by atoms with E-state index >= 15 is 0 Å². The molecule has 0 unspecified atom stereocenters. The summed E-state index contributed by atoms with van der Waals surface area (Å²) < 4.78 is 53.1. The first-order valence-corrected chi connectivity index (χ1v) is 7.20. The van der Waals surface area contributed by atoms with Gasteiger partial charge in [0.05, 0.1) is 21.3 Å². The highest BCUT2D eigenvalue weighted by molar-refractivity contribution is 5.92. The van der Waals surface area contributed by atoms with Gasteiger partial charge in [-0.15, -0.1) is 6.58 Å². The Kier molecular flexibility index (Phi) is 7.35. The number of nitrogens with zero attached hydrogens (tertiary/aromatic N) is 1. The van der Waals surface area contributed by atoms with E-state index in [2.05, 4.69) is 6.58 Å². The van der Waals surface area contributed by atoms with Crippen LogP contribution in [-0.2, 0) is 4.79 Å². The summed E-state index contributed by atoms with van der Waals surface area (Å²) in [6.45, 7) is 1.80. The van der Waals surface area contributed by atoms with Crippen molar-refractivity contribution in [1.82, 2.24) is 4.90 Å². The molecule has 0 fully saturated rings. The van der Waals surface area contributed by atoms with Gasteiger partial charge in [0.2, 0.25) is 11.7 Å². The van der Waals surface area contributed by atoms with Crippen molar-refractivity contribution in [3.63, 3.8) is 0 Å². The lowest BCUT2D eigenvalue weighted by atomic mass is 10.1. The van der Waals surface area contributed by atoms with Gasteiger partial charge in [-0.3, -0.25) is 4.79 Å². The van der Waals surface area contributed by atoms with Gasteiger partial charge in [0, 0.05) is 12.6 Å². The van der Waals surface area contributed by atoms with Crippen molar-refractivity contribution >= 4 is 12.0 Å². The molecule has 0 saturated heterocycles. The molecule has 0 aliphatic carbocycles. The van der Waals surface area contributed by atoms with Crippen LogP contribution in [0.25, 0.3) is 6.08 Å². The minimum Gasteiger partial charge on any atom is -0.493 e. The van der Waals surface area contributed by atoms with Gasteiger partial charge in [-0.05, 0) is 23.8 Å². The summed E-state index contributed by atoms with van der Waals surface area (Å²) >= 11 is 0. The zero-order valence-electron chi connectivity index (χ0n) is 14.2. The Morgan fingerprint density at radius 1 is 1.16 bits per heavy atom. The summed E-state index contributed by atoms with van der Waals surface area (Å²) in [6.07, 6.45) is -0.828. The largest absolute Gasteiger partial charge is 0.493 e. The Morgan fingerprint density at radius 3 is 2.12 bits per heavy atom. The standard InChI is InChI=1S/C17H20F3NO4/c1-5-8-21(11-17(18,19)20)15(22)7-6-12-9-13(23-2)16(25-4)14(10-12)24-3/h5-7,9-10H,1,8,11H2,2-4H3/b7-6+. The number of methoxy groups -OCH3 is 3. The van der Waals surface area contributed by atoms with Crippen LogP contribution >= 0.6 is 0 Å². The zero-order valence-corrected chi connectivity index (χ0v) is 14.2. The van der Waals surface area contributed by atoms with E-state index in [9.17, 15) is 18.0 Å². The van der Waals surface area contributed by atoms with E-state index in [1.165, 1.54) is 33.5 Å². The molecule has 8 heteroatoms. The van der Waals surface area contributed by atoms with Crippen molar-refractivity contribution in [2.45, 2.75) is 6.18 Å². The fourth-order valence-electron chi connectivity index (χ4n) is 2.08. The molecule has 1 amide bonds. The third-order valence-corrected chi connectivity index (χ3v) is 3.14. The van der Waals surface area contributed by atoms with Crippen LogP contribution in [0.15, 0.2) is 30.9 Å². The predicted molar refractivity (Wildman–Crippen MR) is 88.0 cm³/mol. The molecule has 0 heterocycles. The fraction of sp³-hybridized carbons (Fsp3) is 0.353. The summed E-state index contributed by atoms with van der Waals surface area (Å²) in [5, 5.41) is 0. The average molecular weight is 359 g/mol. The second kappa shape index (κ2) is 9.00. The number of hydrogen-bond acceptors (Lipinski definition) is 4. The Morgan fingerprint density at radius 2 is 1.72 bits per heavy atom. The van der Waals surface area contributed by atoms with Crippen molar-refractivity contribution in [2.75, 3.05) is 34.4 Å². The minimum absolute atomic E-state index is 0.210. The number of carbonyl (C=O) groups excluding carboxylic acids is 1. The number of benzene rings is 1. The van der Waals surface area contributed by atoms with Gasteiger partial charge in [-0.2, -0.15) is 13.2 Å². The number of halogens is 3. The van der Waals surface area contributed by atoms with Gasteiger partial charge in [0.1, 0.15) is 6.54 Å². The maximum Gasteiger partial charge on any atom is 0.406 e. The SMILES string of the molecule is C=CCN(CC(F)(F)F)C(=O)/C=C/c1cc(OC)c(OC)c(OC)c1. The van der Waals surface area contributed by atoms with Gasteiger partial charge in [-0.1, -0.05) is 6.08 Å². The summed E-state index contributed by atoms with van der Waals surface area (Å²) in [5.74, 6) is 0.323. The molecule has 0 saturated carbocycles. The normalized spacial score (nSPS) is 11.3. The first-order valence-electron chi connectivity index (χ1n) is 7.20. The van der Waals surface area contributed by atoms with Crippen LogP contribution in [0.4, 0.5) is 13.2 Å². The van der Waals surface area contributed by atoms with E-state index < -0.39 is 18.6 Å². The smallest absolute Gasteiger partial charge is 0.406 e. The van der Waals surface area contributed by atoms with E-state index in [1.54, 1.807) is 12.1 Å². The van der Waals surface area contributed by atoms with Crippen molar-refractivity contribution in [2.24, 2.45) is 0 Å². The molecule has 0 N–H and O–H groups in total. The van der Waals surface area contributed by atoms with Crippen LogP contribution in [0.5, 0.6) is 17.2 Å². The molecule has 5 nitrogen and oxygen atoms in total. The molecule has 1 aromatic rings. The van der Waals surface area contributed by atoms with Crippen LogP contribution in [0, 0.1) is 0 Å². The molecule has 0 radical (unpaired) electrons. The van der Waals surface area contributed by atoms with Gasteiger partial charge < -0.3 is 19.1 Å². The van der Waals surface area contributed by atoms with Crippen LogP contribution in [0.2, 0.25) is 0 Å². The molecule has 0 spiro atoms. The summed E-state index contributed by atoms with van der Waals surface area (Å²) in [6, 6.07) is 3.15. The summed E-state index contributed by atoms with van der Waals surface area (Å²) in [4.78, 5) is 12.7. The monoisotopic (exact) mass is 359 g/mol. The van der Waals surface area contributed by atoms with Crippen LogP contribution in [-0.4, -0.2) is 51.4 Å². The maximum atomic E-state index is 12.5. The molecular weight excluding hydrogens is 339 g/mol. The van der Waals surface area contributed by atoms with Gasteiger partial charge in [0.25, 0.3) is 0 Å². The molecule has 1 rings (SSSR count). The second-order valence-corrected chi connectivity index (χ2v) is 4.91. The Bertz CT molecular complexity index is 616. The van der Waals surface area contributed by atoms with E-state index in [0.717, 1.165) is 6.08 Å². The van der Waals surface area contributed by atoms with Crippen molar-refractivity contribution in [3.05, 3.63) is 36.4 Å². The molecule has 0 aliphatic heterocycles. The molecule has 1 aromatic carbocycles. The quantitative estimate of drug-likeness (QED) is 0.528. The van der Waals surface area contributed by atoms with Crippen molar-refractivity contribution in [1.29, 1.82) is 0 Å². The second-order valence-electron chi connectivity index (χ2n) is 4.91. The third-order valence-electron chi connectivity index (χ3n) is 3.14. The number of rotatable bonds is 8. The Balaban J connectivity index is 3.06. The molecule has 0 atom stereocenters. The van der Waals surface area contributed by atoms with E-state index in [0.29, 0.717) is 27.7 Å². The fourth-order valence-corrected chi connectivity index (χ4v) is 2.08. The first-order chi connectivity index (χ1) is 11.8. The number of carbonyl (C=O) groups is 1. The van der Waals surface area contributed by atoms with Crippen molar-refractivity contribution < 1.29 is 32.2 Å². The van der Waals surface area contributed by atoms with Crippen LogP contribution < -0.4 is 14.2 Å². The lowest BCUT2D eigenvalue weighted by Gasteiger charge is -2.21. The average Bonchev–Trinajstić information content (AvgIpc) is 2.56. The molecule has 0 bridgehead atoms. The summed E-state index contributed by atoms with van der Waals surface area (Å²) in [7, 11) is 4.32. The van der Waals surface area contributed by atoms with Gasteiger partial charge >= 0.3 is 6.18 Å². The van der Waals surface area contributed by atoms with Crippen molar-refractivity contribution in [3.8, 4) is 17.2 Å². The van der Waals surface area contributed by atoms with E-state index in [-0.39, 0.29) is 6.54 Å². The highest BCUT2D eigenvalue weighted by Gasteiger charge is 2.31. The lowest BCUT2D eigenvalue weighted by molar-refractivity contribution is -0.157. The number of ether oxygens (including phenoxy) is 3. The highest BCUT2D eigenvalue weighted by Crippen LogP contribution is 2.38. The Labute approximate surface area is 144 Å².